The van der Waals surface area contributed by atoms with Crippen LogP contribution in [0.2, 0.25) is 0 Å². The number of aryl methyl sites for hydroxylation is 1. The van der Waals surface area contributed by atoms with Crippen LogP contribution in [0.5, 0.6) is 0 Å². The predicted octanol–water partition coefficient (Wildman–Crippen LogP) is 4.63. The van der Waals surface area contributed by atoms with Gasteiger partial charge in [-0.2, -0.15) is 5.10 Å². The molecule has 26 heavy (non-hydrogen) atoms. The number of benzene rings is 2. The van der Waals surface area contributed by atoms with E-state index >= 15 is 0 Å². The second-order valence-electron chi connectivity index (χ2n) is 6.43. The van der Waals surface area contributed by atoms with Crippen LogP contribution in [-0.2, 0) is 0 Å². The van der Waals surface area contributed by atoms with Crippen LogP contribution in [0, 0.1) is 6.92 Å². The van der Waals surface area contributed by atoms with Gasteiger partial charge in [0.15, 0.2) is 0 Å². The summed E-state index contributed by atoms with van der Waals surface area (Å²) in [6.07, 6.45) is 0.685. The van der Waals surface area contributed by atoms with Crippen molar-refractivity contribution in [3.05, 3.63) is 87.6 Å². The van der Waals surface area contributed by atoms with Crippen molar-refractivity contribution in [3.63, 3.8) is 0 Å². The molecule has 1 aromatic heterocycles. The average molecular weight is 361 g/mol. The summed E-state index contributed by atoms with van der Waals surface area (Å²) in [7, 11) is 0. The van der Waals surface area contributed by atoms with Crippen LogP contribution >= 0.6 is 11.3 Å². The molecule has 1 unspecified atom stereocenters. The Bertz CT molecular complexity index is 944. The summed E-state index contributed by atoms with van der Waals surface area (Å²) in [5.41, 5.74) is 10.7. The highest BCUT2D eigenvalue weighted by atomic mass is 32.1. The Balaban J connectivity index is 1.72. The first-order valence-corrected chi connectivity index (χ1v) is 9.37. The molecular formula is C21H19N3OS. The van der Waals surface area contributed by atoms with Crippen molar-refractivity contribution in [3.8, 4) is 0 Å². The van der Waals surface area contributed by atoms with Crippen LogP contribution in [0.3, 0.4) is 0 Å². The Hall–Kier alpha value is -2.92. The first-order valence-electron chi connectivity index (χ1n) is 8.49. The SMILES string of the molecule is Cc1ccc(C2CC(c3ccc(N)cc3)=NN2C(=O)c2cccs2)cc1. The van der Waals surface area contributed by atoms with E-state index in [2.05, 4.69) is 31.2 Å². The minimum atomic E-state index is -0.0993. The number of nitrogens with zero attached hydrogens (tertiary/aromatic N) is 2. The van der Waals surface area contributed by atoms with Gasteiger partial charge in [-0.3, -0.25) is 4.79 Å². The highest BCUT2D eigenvalue weighted by molar-refractivity contribution is 7.12. The lowest BCUT2D eigenvalue weighted by Crippen LogP contribution is -2.26. The van der Waals surface area contributed by atoms with Gasteiger partial charge in [-0.1, -0.05) is 48.0 Å². The lowest BCUT2D eigenvalue weighted by molar-refractivity contribution is 0.0716. The fraction of sp³-hybridized carbons (Fsp3) is 0.143. The monoisotopic (exact) mass is 361 g/mol. The number of thiophene rings is 1. The summed E-state index contributed by atoms with van der Waals surface area (Å²) >= 11 is 1.44. The number of carbonyl (C=O) groups excluding carboxylic acids is 1. The summed E-state index contributed by atoms with van der Waals surface area (Å²) < 4.78 is 0. The van der Waals surface area contributed by atoms with E-state index in [0.717, 1.165) is 16.8 Å². The largest absolute Gasteiger partial charge is 0.399 e. The first-order chi connectivity index (χ1) is 12.6. The molecule has 0 saturated heterocycles. The molecule has 0 aliphatic carbocycles. The van der Waals surface area contributed by atoms with E-state index in [9.17, 15) is 4.79 Å². The number of hydrazone groups is 1. The van der Waals surface area contributed by atoms with Gasteiger partial charge in [-0.15, -0.1) is 11.3 Å². The lowest BCUT2D eigenvalue weighted by Gasteiger charge is -2.21. The number of hydrogen-bond acceptors (Lipinski definition) is 4. The van der Waals surface area contributed by atoms with Crippen molar-refractivity contribution >= 4 is 28.6 Å². The number of anilines is 1. The third-order valence-corrected chi connectivity index (χ3v) is 5.41. The third-order valence-electron chi connectivity index (χ3n) is 4.56. The minimum absolute atomic E-state index is 0.0592. The van der Waals surface area contributed by atoms with Crippen molar-refractivity contribution in [2.45, 2.75) is 19.4 Å². The number of nitrogens with two attached hydrogens (primary N) is 1. The van der Waals surface area contributed by atoms with Gasteiger partial charge in [0.1, 0.15) is 0 Å². The van der Waals surface area contributed by atoms with Gasteiger partial charge in [0, 0.05) is 12.1 Å². The maximum Gasteiger partial charge on any atom is 0.284 e. The van der Waals surface area contributed by atoms with Gasteiger partial charge < -0.3 is 5.73 Å². The molecule has 0 spiro atoms. The Labute approximate surface area is 156 Å². The van der Waals surface area contributed by atoms with Crippen LogP contribution < -0.4 is 5.73 Å². The highest BCUT2D eigenvalue weighted by Crippen LogP contribution is 2.34. The summed E-state index contributed by atoms with van der Waals surface area (Å²) in [6, 6.07) is 19.6. The second kappa shape index (κ2) is 6.77. The molecule has 1 aliphatic heterocycles. The standard InChI is InChI=1S/C21H19N3OS/c1-14-4-6-16(7-5-14)19-13-18(15-8-10-17(22)11-9-15)23-24(19)21(25)20-3-2-12-26-20/h2-12,19H,13,22H2,1H3. The number of nitrogen functional groups attached to an aromatic ring is 1. The van der Waals surface area contributed by atoms with Gasteiger partial charge in [0.2, 0.25) is 0 Å². The highest BCUT2D eigenvalue weighted by Gasteiger charge is 2.33. The van der Waals surface area contributed by atoms with E-state index in [4.69, 9.17) is 10.8 Å². The number of hydrogen-bond donors (Lipinski definition) is 1. The third kappa shape index (κ3) is 3.13. The molecule has 5 heteroatoms. The molecule has 4 nitrogen and oxygen atoms in total. The van der Waals surface area contributed by atoms with Gasteiger partial charge in [-0.25, -0.2) is 5.01 Å². The van der Waals surface area contributed by atoms with Crippen LogP contribution in [0.25, 0.3) is 0 Å². The van der Waals surface area contributed by atoms with Crippen LogP contribution in [-0.4, -0.2) is 16.6 Å². The topological polar surface area (TPSA) is 58.7 Å². The number of carbonyl (C=O) groups is 1. The van der Waals surface area contributed by atoms with E-state index < -0.39 is 0 Å². The van der Waals surface area contributed by atoms with Crippen LogP contribution in [0.15, 0.2) is 71.1 Å². The second-order valence-corrected chi connectivity index (χ2v) is 7.37. The summed E-state index contributed by atoms with van der Waals surface area (Å²) in [6.45, 7) is 2.06. The zero-order chi connectivity index (χ0) is 18.1. The maximum atomic E-state index is 13.0. The summed E-state index contributed by atoms with van der Waals surface area (Å²) in [4.78, 5) is 13.7. The van der Waals surface area contributed by atoms with Crippen molar-refractivity contribution in [1.82, 2.24) is 5.01 Å². The molecule has 1 amide bonds. The van der Waals surface area contributed by atoms with Crippen molar-refractivity contribution < 1.29 is 4.79 Å². The molecule has 2 N–H and O–H groups in total. The molecule has 3 aromatic rings. The van der Waals surface area contributed by atoms with E-state index in [-0.39, 0.29) is 11.9 Å². The predicted molar refractivity (Wildman–Crippen MR) is 106 cm³/mol. The molecule has 1 aliphatic rings. The Kier molecular flexibility index (Phi) is 4.31. The average Bonchev–Trinajstić information content (AvgIpc) is 3.33. The zero-order valence-corrected chi connectivity index (χ0v) is 15.2. The fourth-order valence-corrected chi connectivity index (χ4v) is 3.76. The molecule has 2 aromatic carbocycles. The van der Waals surface area contributed by atoms with E-state index in [1.165, 1.54) is 16.9 Å². The summed E-state index contributed by atoms with van der Waals surface area (Å²) in [5.74, 6) is -0.0592. The van der Waals surface area contributed by atoms with Crippen LogP contribution in [0.4, 0.5) is 5.69 Å². The molecule has 1 atom stereocenters. The Morgan fingerprint density at radius 1 is 1.12 bits per heavy atom. The van der Waals surface area contributed by atoms with Crippen molar-refractivity contribution in [2.24, 2.45) is 5.10 Å². The number of rotatable bonds is 3. The molecule has 130 valence electrons. The fourth-order valence-electron chi connectivity index (χ4n) is 3.11. The van der Waals surface area contributed by atoms with Gasteiger partial charge in [0.05, 0.1) is 16.6 Å². The first kappa shape index (κ1) is 16.5. The molecule has 2 heterocycles. The van der Waals surface area contributed by atoms with Crippen molar-refractivity contribution in [2.75, 3.05) is 5.73 Å². The molecule has 0 bridgehead atoms. The normalized spacial score (nSPS) is 16.6. The summed E-state index contributed by atoms with van der Waals surface area (Å²) in [5, 5.41) is 8.23. The zero-order valence-electron chi connectivity index (χ0n) is 14.4. The molecule has 0 fully saturated rings. The molecule has 0 saturated carbocycles. The number of amides is 1. The van der Waals surface area contributed by atoms with E-state index in [1.807, 2.05) is 41.8 Å². The van der Waals surface area contributed by atoms with Gasteiger partial charge in [-0.05, 0) is 41.6 Å². The Morgan fingerprint density at radius 3 is 2.50 bits per heavy atom. The quantitative estimate of drug-likeness (QED) is 0.692. The minimum Gasteiger partial charge on any atom is -0.399 e. The molecule has 0 radical (unpaired) electrons. The van der Waals surface area contributed by atoms with E-state index in [1.54, 1.807) is 5.01 Å². The molecular weight excluding hydrogens is 342 g/mol. The Morgan fingerprint density at radius 2 is 1.85 bits per heavy atom. The lowest BCUT2D eigenvalue weighted by atomic mass is 9.97. The van der Waals surface area contributed by atoms with Gasteiger partial charge in [0.25, 0.3) is 5.91 Å². The molecule has 4 rings (SSSR count). The van der Waals surface area contributed by atoms with E-state index in [0.29, 0.717) is 17.0 Å². The maximum absolute atomic E-state index is 13.0. The van der Waals surface area contributed by atoms with Crippen LogP contribution in [0.1, 0.15) is 38.8 Å². The van der Waals surface area contributed by atoms with Gasteiger partial charge >= 0.3 is 0 Å². The smallest absolute Gasteiger partial charge is 0.284 e. The van der Waals surface area contributed by atoms with Crippen molar-refractivity contribution in [1.29, 1.82) is 0 Å².